The molecule has 1 aliphatic heterocycles. The molecule has 1 amide bonds. The third kappa shape index (κ3) is 3.76. The Morgan fingerprint density at radius 2 is 2.00 bits per heavy atom. The van der Waals surface area contributed by atoms with Crippen LogP contribution in [-0.2, 0) is 24.1 Å². The van der Waals surface area contributed by atoms with Crippen LogP contribution < -0.4 is 5.32 Å². The largest absolute Gasteiger partial charge is 0.358 e. The number of anilines is 1. The molecule has 148 valence electrons. The predicted molar refractivity (Wildman–Crippen MR) is 112 cm³/mol. The molecule has 0 spiro atoms. The second-order valence-electron chi connectivity index (χ2n) is 8.14. The Hall–Kier alpha value is -2.40. The Kier molecular flexibility index (Phi) is 5.36. The van der Waals surface area contributed by atoms with Crippen molar-refractivity contribution < 1.29 is 9.18 Å². The van der Waals surface area contributed by atoms with Gasteiger partial charge in [-0.2, -0.15) is 0 Å². The van der Waals surface area contributed by atoms with Gasteiger partial charge in [-0.3, -0.25) is 4.79 Å². The summed E-state index contributed by atoms with van der Waals surface area (Å²) < 4.78 is 13.8. The standard InChI is InChI=1S/C23H28FN3O/c1-27(2)12-6-8-17-16-7-4-3-5-9-20(16)25-22(17)14-19-18-13-15(24)10-11-21(18)26-23(19)28/h10-11,13-14,25H,3-9,12H2,1-2H3,(H,26,28)/b19-14-. The Balaban J connectivity index is 1.74. The molecule has 1 aliphatic carbocycles. The Morgan fingerprint density at radius 3 is 2.82 bits per heavy atom. The number of carbonyl (C=O) groups is 1. The van der Waals surface area contributed by atoms with Crippen LogP contribution in [0.3, 0.4) is 0 Å². The molecule has 4 rings (SSSR count). The minimum absolute atomic E-state index is 0.162. The molecule has 2 aromatic rings. The van der Waals surface area contributed by atoms with E-state index >= 15 is 0 Å². The number of amides is 1. The molecule has 0 bridgehead atoms. The Morgan fingerprint density at radius 1 is 1.18 bits per heavy atom. The van der Waals surface area contributed by atoms with Gasteiger partial charge in [0.25, 0.3) is 5.91 Å². The predicted octanol–water partition coefficient (Wildman–Crippen LogP) is 4.41. The number of halogens is 1. The highest BCUT2D eigenvalue weighted by atomic mass is 19.1. The van der Waals surface area contributed by atoms with Crippen molar-refractivity contribution in [3.05, 3.63) is 52.1 Å². The summed E-state index contributed by atoms with van der Waals surface area (Å²) in [4.78, 5) is 18.3. The number of fused-ring (bicyclic) bond motifs is 2. The second kappa shape index (κ2) is 7.92. The highest BCUT2D eigenvalue weighted by molar-refractivity contribution is 6.34. The third-order valence-electron chi connectivity index (χ3n) is 5.78. The highest BCUT2D eigenvalue weighted by Crippen LogP contribution is 2.35. The maximum atomic E-state index is 13.8. The average Bonchev–Trinajstić information content (AvgIpc) is 3.01. The zero-order valence-corrected chi connectivity index (χ0v) is 16.7. The van der Waals surface area contributed by atoms with Crippen LogP contribution in [0, 0.1) is 5.82 Å². The summed E-state index contributed by atoms with van der Waals surface area (Å²) in [5, 5.41) is 2.85. The van der Waals surface area contributed by atoms with Gasteiger partial charge in [-0.05, 0) is 94.6 Å². The fourth-order valence-corrected chi connectivity index (χ4v) is 4.38. The van der Waals surface area contributed by atoms with E-state index in [2.05, 4.69) is 29.3 Å². The van der Waals surface area contributed by atoms with E-state index in [1.165, 1.54) is 48.2 Å². The van der Waals surface area contributed by atoms with Crippen LogP contribution in [0.4, 0.5) is 10.1 Å². The van der Waals surface area contributed by atoms with Crippen LogP contribution in [0.1, 0.15) is 53.8 Å². The van der Waals surface area contributed by atoms with Crippen molar-refractivity contribution in [2.75, 3.05) is 26.0 Å². The number of benzene rings is 1. The lowest BCUT2D eigenvalue weighted by Crippen LogP contribution is -2.13. The first-order valence-corrected chi connectivity index (χ1v) is 10.2. The van der Waals surface area contributed by atoms with Gasteiger partial charge >= 0.3 is 0 Å². The van der Waals surface area contributed by atoms with Gasteiger partial charge in [0, 0.05) is 22.6 Å². The lowest BCUT2D eigenvalue weighted by Gasteiger charge is -2.11. The zero-order chi connectivity index (χ0) is 19.7. The number of carbonyl (C=O) groups excluding carboxylic acids is 1. The molecule has 0 unspecified atom stereocenters. The molecule has 2 aliphatic rings. The number of aromatic amines is 1. The van der Waals surface area contributed by atoms with Crippen molar-refractivity contribution in [3.63, 3.8) is 0 Å². The monoisotopic (exact) mass is 381 g/mol. The van der Waals surface area contributed by atoms with Crippen molar-refractivity contribution in [1.29, 1.82) is 0 Å². The lowest BCUT2D eigenvalue weighted by atomic mass is 9.98. The molecule has 1 aromatic heterocycles. The first-order valence-electron chi connectivity index (χ1n) is 10.2. The molecule has 0 saturated heterocycles. The quantitative estimate of drug-likeness (QED) is 0.595. The molecule has 2 N–H and O–H groups in total. The number of H-pyrrole nitrogens is 1. The first kappa shape index (κ1) is 18.9. The topological polar surface area (TPSA) is 48.1 Å². The molecule has 2 heterocycles. The number of hydrogen-bond acceptors (Lipinski definition) is 2. The van der Waals surface area contributed by atoms with Crippen LogP contribution in [-0.4, -0.2) is 36.4 Å². The lowest BCUT2D eigenvalue weighted by molar-refractivity contribution is -0.110. The van der Waals surface area contributed by atoms with Crippen LogP contribution >= 0.6 is 0 Å². The van der Waals surface area contributed by atoms with Gasteiger partial charge in [-0.1, -0.05) is 6.42 Å². The number of nitrogens with zero attached hydrogens (tertiary/aromatic N) is 1. The van der Waals surface area contributed by atoms with Gasteiger partial charge in [0.15, 0.2) is 0 Å². The van der Waals surface area contributed by atoms with E-state index in [1.807, 2.05) is 6.08 Å². The molecule has 28 heavy (non-hydrogen) atoms. The fraction of sp³-hybridized carbons (Fsp3) is 0.435. The second-order valence-corrected chi connectivity index (χ2v) is 8.14. The van der Waals surface area contributed by atoms with Gasteiger partial charge in [0.1, 0.15) is 5.82 Å². The summed E-state index contributed by atoms with van der Waals surface area (Å²) in [6.45, 7) is 1.03. The first-order chi connectivity index (χ1) is 13.5. The smallest absolute Gasteiger partial charge is 0.256 e. The maximum absolute atomic E-state index is 13.8. The minimum atomic E-state index is -0.324. The highest BCUT2D eigenvalue weighted by Gasteiger charge is 2.26. The van der Waals surface area contributed by atoms with E-state index in [0.717, 1.165) is 37.9 Å². The Labute approximate surface area is 165 Å². The van der Waals surface area contributed by atoms with E-state index in [9.17, 15) is 9.18 Å². The molecule has 5 heteroatoms. The SMILES string of the molecule is CN(C)CCCc1c(/C=C2\C(=O)Nc3ccc(F)cc32)[nH]c2c1CCCCC2. The van der Waals surface area contributed by atoms with E-state index in [4.69, 9.17) is 0 Å². The summed E-state index contributed by atoms with van der Waals surface area (Å²) in [7, 11) is 4.18. The van der Waals surface area contributed by atoms with E-state index < -0.39 is 0 Å². The zero-order valence-electron chi connectivity index (χ0n) is 16.7. The molecular formula is C23H28FN3O. The van der Waals surface area contributed by atoms with Crippen molar-refractivity contribution in [2.24, 2.45) is 0 Å². The van der Waals surface area contributed by atoms with E-state index in [-0.39, 0.29) is 11.7 Å². The molecule has 1 aromatic carbocycles. The Bertz CT molecular complexity index is 926. The molecular weight excluding hydrogens is 353 g/mol. The van der Waals surface area contributed by atoms with E-state index in [0.29, 0.717) is 16.8 Å². The van der Waals surface area contributed by atoms with Gasteiger partial charge < -0.3 is 15.2 Å². The molecule has 0 saturated carbocycles. The molecule has 0 radical (unpaired) electrons. The summed E-state index contributed by atoms with van der Waals surface area (Å²) in [5.74, 6) is -0.487. The van der Waals surface area contributed by atoms with Gasteiger partial charge in [0.2, 0.25) is 0 Å². The van der Waals surface area contributed by atoms with Crippen LogP contribution in [0.2, 0.25) is 0 Å². The summed E-state index contributed by atoms with van der Waals surface area (Å²) >= 11 is 0. The van der Waals surface area contributed by atoms with Gasteiger partial charge in [-0.15, -0.1) is 0 Å². The normalized spacial score (nSPS) is 17.6. The van der Waals surface area contributed by atoms with Gasteiger partial charge in [0.05, 0.1) is 5.57 Å². The van der Waals surface area contributed by atoms with Crippen molar-refractivity contribution in [1.82, 2.24) is 9.88 Å². The number of rotatable bonds is 5. The fourth-order valence-electron chi connectivity index (χ4n) is 4.38. The average molecular weight is 381 g/mol. The van der Waals surface area contributed by atoms with Crippen molar-refractivity contribution in [3.8, 4) is 0 Å². The maximum Gasteiger partial charge on any atom is 0.256 e. The third-order valence-corrected chi connectivity index (χ3v) is 5.78. The van der Waals surface area contributed by atoms with Crippen LogP contribution in [0.5, 0.6) is 0 Å². The number of aryl methyl sites for hydroxylation is 1. The number of nitrogens with one attached hydrogen (secondary N) is 2. The van der Waals surface area contributed by atoms with Crippen LogP contribution in [0.25, 0.3) is 11.6 Å². The molecule has 0 fully saturated rings. The van der Waals surface area contributed by atoms with Gasteiger partial charge in [-0.25, -0.2) is 4.39 Å². The molecule has 0 atom stereocenters. The minimum Gasteiger partial charge on any atom is -0.358 e. The molecule has 4 nitrogen and oxygen atoms in total. The van der Waals surface area contributed by atoms with Crippen molar-refractivity contribution >= 4 is 23.2 Å². The number of aromatic nitrogens is 1. The summed E-state index contributed by atoms with van der Waals surface area (Å²) in [6, 6.07) is 4.45. The summed E-state index contributed by atoms with van der Waals surface area (Å²) in [5.41, 5.74) is 6.99. The summed E-state index contributed by atoms with van der Waals surface area (Å²) in [6.07, 6.45) is 9.85. The number of hydrogen-bond donors (Lipinski definition) is 2. The van der Waals surface area contributed by atoms with Crippen molar-refractivity contribution in [2.45, 2.75) is 44.9 Å². The van der Waals surface area contributed by atoms with E-state index in [1.54, 1.807) is 6.07 Å². The van der Waals surface area contributed by atoms with Crippen LogP contribution in [0.15, 0.2) is 18.2 Å².